The number of anilines is 1. The minimum absolute atomic E-state index is 0.0977. The molecule has 0 radical (unpaired) electrons. The van der Waals surface area contributed by atoms with E-state index in [1.54, 1.807) is 4.68 Å². The molecule has 118 valence electrons. The number of nitrogens with zero attached hydrogens (tertiary/aromatic N) is 3. The zero-order valence-electron chi connectivity index (χ0n) is 12.7. The first-order valence-corrected chi connectivity index (χ1v) is 8.32. The summed E-state index contributed by atoms with van der Waals surface area (Å²) in [4.78, 5) is 16.5. The number of halogens is 1. The number of aromatic nitrogens is 3. The number of rotatable bonds is 4. The van der Waals surface area contributed by atoms with Crippen molar-refractivity contribution >= 4 is 34.5 Å². The van der Waals surface area contributed by atoms with Crippen LogP contribution in [-0.2, 0) is 11.2 Å². The molecule has 1 aromatic carbocycles. The topological polar surface area (TPSA) is 59.8 Å². The van der Waals surface area contributed by atoms with E-state index < -0.39 is 0 Å². The number of benzene rings is 1. The Bertz CT molecular complexity index is 841. The van der Waals surface area contributed by atoms with Crippen LogP contribution in [0.2, 0.25) is 5.02 Å². The van der Waals surface area contributed by atoms with Crippen LogP contribution in [0.3, 0.4) is 0 Å². The minimum Gasteiger partial charge on any atom is -0.326 e. The average Bonchev–Trinajstić information content (AvgIpc) is 3.08. The van der Waals surface area contributed by atoms with Crippen LogP contribution in [0, 0.1) is 13.8 Å². The number of carbonyl (C=O) groups excluding carboxylic acids is 1. The van der Waals surface area contributed by atoms with E-state index in [0.29, 0.717) is 15.8 Å². The van der Waals surface area contributed by atoms with Crippen molar-refractivity contribution in [1.82, 2.24) is 14.8 Å². The smallest absolute Gasteiger partial charge is 0.230 e. The standard InChI is InChI=1S/C16H15ClN4OS/c1-10-15(17)11(2)21(20-10)16-19-13(9-23-16)8-14(22)18-12-6-4-3-5-7-12/h3-7,9H,8H2,1-2H3,(H,18,22). The molecule has 0 aliphatic rings. The Hall–Kier alpha value is -2.18. The molecule has 0 unspecified atom stereocenters. The highest BCUT2D eigenvalue weighted by molar-refractivity contribution is 7.12. The molecule has 23 heavy (non-hydrogen) atoms. The molecule has 0 fully saturated rings. The van der Waals surface area contributed by atoms with Gasteiger partial charge in [-0.3, -0.25) is 4.79 Å². The second kappa shape index (κ2) is 6.52. The van der Waals surface area contributed by atoms with E-state index in [9.17, 15) is 4.79 Å². The number of amides is 1. The first-order chi connectivity index (χ1) is 11.0. The van der Waals surface area contributed by atoms with Crippen molar-refractivity contribution in [3.8, 4) is 5.13 Å². The highest BCUT2D eigenvalue weighted by Gasteiger charge is 2.14. The van der Waals surface area contributed by atoms with Crippen LogP contribution >= 0.6 is 22.9 Å². The summed E-state index contributed by atoms with van der Waals surface area (Å²) in [6.07, 6.45) is 0.221. The Balaban J connectivity index is 1.72. The van der Waals surface area contributed by atoms with Gasteiger partial charge in [0.1, 0.15) is 0 Å². The molecule has 2 heterocycles. The van der Waals surface area contributed by atoms with Gasteiger partial charge < -0.3 is 5.32 Å². The number of para-hydroxylation sites is 1. The molecule has 0 spiro atoms. The normalized spacial score (nSPS) is 10.7. The van der Waals surface area contributed by atoms with E-state index in [1.165, 1.54) is 11.3 Å². The summed E-state index contributed by atoms with van der Waals surface area (Å²) in [6, 6.07) is 9.36. The van der Waals surface area contributed by atoms with E-state index >= 15 is 0 Å². The number of thiazole rings is 1. The van der Waals surface area contributed by atoms with Gasteiger partial charge in [-0.05, 0) is 26.0 Å². The van der Waals surface area contributed by atoms with E-state index in [0.717, 1.165) is 17.1 Å². The average molecular weight is 347 g/mol. The maximum absolute atomic E-state index is 12.1. The van der Waals surface area contributed by atoms with Gasteiger partial charge in [0.05, 0.1) is 28.5 Å². The van der Waals surface area contributed by atoms with Crippen LogP contribution in [0.1, 0.15) is 17.1 Å². The van der Waals surface area contributed by atoms with Crippen LogP contribution in [0.25, 0.3) is 5.13 Å². The van der Waals surface area contributed by atoms with Crippen molar-refractivity contribution in [3.05, 3.63) is 57.8 Å². The molecule has 0 atom stereocenters. The second-order valence-electron chi connectivity index (χ2n) is 5.11. The van der Waals surface area contributed by atoms with E-state index in [4.69, 9.17) is 11.6 Å². The molecule has 7 heteroatoms. The number of hydrogen-bond donors (Lipinski definition) is 1. The molecule has 1 N–H and O–H groups in total. The zero-order valence-corrected chi connectivity index (χ0v) is 14.3. The molecular weight excluding hydrogens is 332 g/mol. The van der Waals surface area contributed by atoms with Crippen molar-refractivity contribution in [3.63, 3.8) is 0 Å². The van der Waals surface area contributed by atoms with Gasteiger partial charge in [-0.1, -0.05) is 29.8 Å². The third-order valence-corrected chi connectivity index (χ3v) is 4.74. The third-order valence-electron chi connectivity index (χ3n) is 3.32. The summed E-state index contributed by atoms with van der Waals surface area (Å²) >= 11 is 7.60. The Morgan fingerprint density at radius 3 is 2.70 bits per heavy atom. The largest absolute Gasteiger partial charge is 0.326 e. The molecule has 0 aliphatic heterocycles. The van der Waals surface area contributed by atoms with Gasteiger partial charge in [-0.15, -0.1) is 11.3 Å². The summed E-state index contributed by atoms with van der Waals surface area (Å²) in [5.41, 5.74) is 3.10. The maximum atomic E-state index is 12.1. The predicted octanol–water partition coefficient (Wildman–Crippen LogP) is 3.78. The molecule has 0 saturated carbocycles. The van der Waals surface area contributed by atoms with Gasteiger partial charge in [-0.2, -0.15) is 5.10 Å². The summed E-state index contributed by atoms with van der Waals surface area (Å²) < 4.78 is 1.71. The van der Waals surface area contributed by atoms with Gasteiger partial charge >= 0.3 is 0 Å². The van der Waals surface area contributed by atoms with Crippen molar-refractivity contribution in [1.29, 1.82) is 0 Å². The fraction of sp³-hybridized carbons (Fsp3) is 0.188. The molecule has 3 rings (SSSR count). The summed E-state index contributed by atoms with van der Waals surface area (Å²) in [7, 11) is 0. The van der Waals surface area contributed by atoms with E-state index in [1.807, 2.05) is 49.6 Å². The van der Waals surface area contributed by atoms with Gasteiger partial charge in [0.25, 0.3) is 0 Å². The van der Waals surface area contributed by atoms with Gasteiger partial charge in [0.2, 0.25) is 11.0 Å². The fourth-order valence-electron chi connectivity index (χ4n) is 2.18. The highest BCUT2D eigenvalue weighted by Crippen LogP contribution is 2.24. The number of nitrogens with one attached hydrogen (secondary N) is 1. The Labute approximate surface area is 142 Å². The zero-order chi connectivity index (χ0) is 16.4. The maximum Gasteiger partial charge on any atom is 0.230 e. The fourth-order valence-corrected chi connectivity index (χ4v) is 3.12. The van der Waals surface area contributed by atoms with Gasteiger partial charge in [0.15, 0.2) is 0 Å². The Morgan fingerprint density at radius 2 is 2.04 bits per heavy atom. The van der Waals surface area contributed by atoms with Gasteiger partial charge in [-0.25, -0.2) is 9.67 Å². The first kappa shape index (κ1) is 15.7. The Kier molecular flexibility index (Phi) is 4.45. The highest BCUT2D eigenvalue weighted by atomic mass is 35.5. The van der Waals surface area contributed by atoms with Crippen LogP contribution in [0.15, 0.2) is 35.7 Å². The first-order valence-electron chi connectivity index (χ1n) is 7.06. The number of carbonyl (C=O) groups is 1. The quantitative estimate of drug-likeness (QED) is 0.782. The molecule has 0 saturated heterocycles. The van der Waals surface area contributed by atoms with Crippen LogP contribution in [0.4, 0.5) is 5.69 Å². The monoisotopic (exact) mass is 346 g/mol. The second-order valence-corrected chi connectivity index (χ2v) is 6.32. The van der Waals surface area contributed by atoms with Gasteiger partial charge in [0, 0.05) is 11.1 Å². The Morgan fingerprint density at radius 1 is 1.30 bits per heavy atom. The molecule has 2 aromatic heterocycles. The lowest BCUT2D eigenvalue weighted by Gasteiger charge is -2.03. The molecule has 3 aromatic rings. The molecule has 0 aliphatic carbocycles. The lowest BCUT2D eigenvalue weighted by molar-refractivity contribution is -0.115. The predicted molar refractivity (Wildman–Crippen MR) is 92.5 cm³/mol. The third kappa shape index (κ3) is 3.43. The van der Waals surface area contributed by atoms with Crippen LogP contribution in [-0.4, -0.2) is 20.7 Å². The molecule has 1 amide bonds. The number of hydrogen-bond acceptors (Lipinski definition) is 4. The SMILES string of the molecule is Cc1nn(-c2nc(CC(=O)Nc3ccccc3)cs2)c(C)c1Cl. The van der Waals surface area contributed by atoms with Crippen molar-refractivity contribution in [2.24, 2.45) is 0 Å². The minimum atomic E-state index is -0.0977. The van der Waals surface area contributed by atoms with Crippen molar-refractivity contribution in [2.45, 2.75) is 20.3 Å². The molecule has 0 bridgehead atoms. The molecular formula is C16H15ClN4OS. The van der Waals surface area contributed by atoms with Crippen molar-refractivity contribution < 1.29 is 4.79 Å². The molecule has 5 nitrogen and oxygen atoms in total. The van der Waals surface area contributed by atoms with E-state index in [-0.39, 0.29) is 12.3 Å². The lowest BCUT2D eigenvalue weighted by Crippen LogP contribution is -2.14. The lowest BCUT2D eigenvalue weighted by atomic mass is 10.3. The van der Waals surface area contributed by atoms with Crippen LogP contribution < -0.4 is 5.32 Å². The number of aryl methyl sites for hydroxylation is 1. The van der Waals surface area contributed by atoms with E-state index in [2.05, 4.69) is 15.4 Å². The summed E-state index contributed by atoms with van der Waals surface area (Å²) in [5, 5.41) is 10.4. The van der Waals surface area contributed by atoms with Crippen molar-refractivity contribution in [2.75, 3.05) is 5.32 Å². The van der Waals surface area contributed by atoms with Crippen LogP contribution in [0.5, 0.6) is 0 Å². The summed E-state index contributed by atoms with van der Waals surface area (Å²) in [5.74, 6) is -0.0977. The summed E-state index contributed by atoms with van der Waals surface area (Å²) in [6.45, 7) is 3.75.